The Balaban J connectivity index is 1.34. The van der Waals surface area contributed by atoms with Crippen molar-refractivity contribution in [2.75, 3.05) is 25.0 Å². The van der Waals surface area contributed by atoms with Crippen molar-refractivity contribution in [1.82, 2.24) is 23.9 Å². The third-order valence-corrected chi connectivity index (χ3v) is 7.33. The van der Waals surface area contributed by atoms with Crippen LogP contribution < -0.4 is 10.0 Å². The molecule has 1 saturated heterocycles. The van der Waals surface area contributed by atoms with Crippen molar-refractivity contribution in [2.45, 2.75) is 25.4 Å². The number of hydrogen-bond donors (Lipinski definition) is 3. The molecule has 3 N–H and O–H groups in total. The molecule has 3 aliphatic heterocycles. The lowest BCUT2D eigenvalue weighted by Gasteiger charge is -2.28. The van der Waals surface area contributed by atoms with Gasteiger partial charge in [-0.05, 0) is 38.1 Å². The molecule has 1 fully saturated rings. The Labute approximate surface area is 197 Å². The first kappa shape index (κ1) is 22.3. The Kier molecular flexibility index (Phi) is 5.50. The summed E-state index contributed by atoms with van der Waals surface area (Å²) in [6, 6.07) is 8.76. The Hall–Kier alpha value is -3.48. The van der Waals surface area contributed by atoms with Crippen LogP contribution in [0.5, 0.6) is 5.75 Å². The lowest BCUT2D eigenvalue weighted by atomic mass is 10.0. The van der Waals surface area contributed by atoms with Crippen molar-refractivity contribution in [3.63, 3.8) is 0 Å². The maximum Gasteiger partial charge on any atom is 0.302 e. The zero-order valence-electron chi connectivity index (χ0n) is 18.7. The van der Waals surface area contributed by atoms with Crippen molar-refractivity contribution in [2.24, 2.45) is 4.99 Å². The van der Waals surface area contributed by atoms with E-state index in [-0.39, 0.29) is 18.3 Å². The standard InChI is InChI=1S/C22H25N7O4S/c1-22(2)14-28(34(31,32)27-22)9-8-24-20-23-7-6-17(25-20)19-13-18(15-4-3-5-16(30)12-15)26-21-29(19)10-11-33-21/h3-7,10-13,19,27,30H,8-9,14H2,1-2H3,(H,23,24,25). The molecule has 4 heterocycles. The van der Waals surface area contributed by atoms with E-state index >= 15 is 0 Å². The maximum atomic E-state index is 12.3. The number of phenolic OH excluding ortho intramolecular Hbond substituents is 1. The first-order valence-corrected chi connectivity index (χ1v) is 12.2. The van der Waals surface area contributed by atoms with Crippen LogP contribution in [-0.4, -0.2) is 63.9 Å². The first-order valence-electron chi connectivity index (χ1n) is 10.8. The summed E-state index contributed by atoms with van der Waals surface area (Å²) in [7, 11) is -3.48. The molecule has 0 spiro atoms. The second-order valence-electron chi connectivity index (χ2n) is 8.81. The Morgan fingerprint density at radius 3 is 2.94 bits per heavy atom. The van der Waals surface area contributed by atoms with Crippen LogP contribution in [0.3, 0.4) is 0 Å². The summed E-state index contributed by atoms with van der Waals surface area (Å²) in [6.45, 7) is 4.74. The van der Waals surface area contributed by atoms with E-state index in [1.54, 1.807) is 42.9 Å². The molecule has 178 valence electrons. The number of hydrogen-bond acceptors (Lipinski definition) is 9. The van der Waals surface area contributed by atoms with Gasteiger partial charge in [0.2, 0.25) is 5.95 Å². The lowest BCUT2D eigenvalue weighted by Crippen LogP contribution is -2.36. The number of fused-ring (bicyclic) bond motifs is 1. The minimum Gasteiger partial charge on any atom is -0.508 e. The number of benzene rings is 1. The van der Waals surface area contributed by atoms with Crippen LogP contribution in [0.2, 0.25) is 0 Å². The molecule has 0 radical (unpaired) electrons. The van der Waals surface area contributed by atoms with E-state index in [0.29, 0.717) is 36.5 Å². The minimum atomic E-state index is -3.48. The average Bonchev–Trinajstić information content (AvgIpc) is 3.33. The normalized spacial score (nSPS) is 22.6. The van der Waals surface area contributed by atoms with Gasteiger partial charge >= 0.3 is 6.02 Å². The van der Waals surface area contributed by atoms with Crippen LogP contribution in [0.15, 0.2) is 60.1 Å². The summed E-state index contributed by atoms with van der Waals surface area (Å²) < 4.78 is 34.1. The van der Waals surface area contributed by atoms with Crippen LogP contribution >= 0.6 is 0 Å². The molecular formula is C22H25N7O4S. The van der Waals surface area contributed by atoms with E-state index in [2.05, 4.69) is 25.0 Å². The van der Waals surface area contributed by atoms with E-state index in [1.165, 1.54) is 4.31 Å². The first-order chi connectivity index (χ1) is 16.2. The number of aliphatic imine (C=N–C) groups is 1. The topological polar surface area (TPSA) is 132 Å². The summed E-state index contributed by atoms with van der Waals surface area (Å²) >= 11 is 0. The molecule has 0 amide bonds. The van der Waals surface area contributed by atoms with E-state index in [1.807, 2.05) is 30.9 Å². The third-order valence-electron chi connectivity index (χ3n) is 5.53. The van der Waals surface area contributed by atoms with Gasteiger partial charge in [0, 0.05) is 43.1 Å². The maximum absolute atomic E-state index is 12.3. The highest BCUT2D eigenvalue weighted by Crippen LogP contribution is 2.34. The lowest BCUT2D eigenvalue weighted by molar-refractivity contribution is 0.385. The SMILES string of the molecule is CC1(C)CN(CCNc2nccc(C3C=C(c4cccc(O)c4)N=C4OC=CN43)n2)S(=O)(=O)N1. The number of amidine groups is 1. The molecule has 5 rings (SSSR count). The summed E-state index contributed by atoms with van der Waals surface area (Å²) in [5.41, 5.74) is 1.61. The van der Waals surface area contributed by atoms with E-state index in [4.69, 9.17) is 4.74 Å². The van der Waals surface area contributed by atoms with Gasteiger partial charge in [0.1, 0.15) is 18.1 Å². The average molecular weight is 484 g/mol. The van der Waals surface area contributed by atoms with Crippen molar-refractivity contribution < 1.29 is 18.3 Å². The Morgan fingerprint density at radius 1 is 1.32 bits per heavy atom. The number of nitrogens with one attached hydrogen (secondary N) is 2. The molecule has 0 saturated carbocycles. The van der Waals surface area contributed by atoms with Gasteiger partial charge in [-0.2, -0.15) is 22.4 Å². The van der Waals surface area contributed by atoms with Crippen molar-refractivity contribution in [3.05, 3.63) is 66.3 Å². The van der Waals surface area contributed by atoms with Gasteiger partial charge in [0.15, 0.2) is 0 Å². The number of ether oxygens (including phenoxy) is 1. The fraction of sp³-hybridized carbons (Fsp3) is 0.318. The van der Waals surface area contributed by atoms with Crippen LogP contribution in [0.25, 0.3) is 5.70 Å². The van der Waals surface area contributed by atoms with Gasteiger partial charge in [-0.15, -0.1) is 0 Å². The molecule has 1 atom stereocenters. The van der Waals surface area contributed by atoms with Crippen LogP contribution in [0.1, 0.15) is 31.1 Å². The molecule has 1 unspecified atom stereocenters. The van der Waals surface area contributed by atoms with E-state index in [9.17, 15) is 13.5 Å². The molecule has 2 aromatic rings. The van der Waals surface area contributed by atoms with Crippen molar-refractivity contribution in [3.8, 4) is 5.75 Å². The van der Waals surface area contributed by atoms with Gasteiger partial charge < -0.3 is 15.2 Å². The molecule has 0 aliphatic carbocycles. The Morgan fingerprint density at radius 2 is 2.18 bits per heavy atom. The number of aromatic hydroxyl groups is 1. The number of anilines is 1. The Bertz CT molecular complexity index is 1310. The highest BCUT2D eigenvalue weighted by atomic mass is 32.2. The molecule has 34 heavy (non-hydrogen) atoms. The molecule has 1 aromatic carbocycles. The quantitative estimate of drug-likeness (QED) is 0.566. The molecule has 3 aliphatic rings. The minimum absolute atomic E-state index is 0.148. The highest BCUT2D eigenvalue weighted by molar-refractivity contribution is 7.87. The fourth-order valence-electron chi connectivity index (χ4n) is 4.09. The molecule has 1 aromatic heterocycles. The predicted molar refractivity (Wildman–Crippen MR) is 127 cm³/mol. The zero-order chi connectivity index (χ0) is 23.9. The fourth-order valence-corrected chi connectivity index (χ4v) is 5.80. The van der Waals surface area contributed by atoms with Crippen LogP contribution in [-0.2, 0) is 14.9 Å². The second kappa shape index (κ2) is 8.38. The number of aromatic nitrogens is 2. The van der Waals surface area contributed by atoms with E-state index in [0.717, 1.165) is 5.56 Å². The van der Waals surface area contributed by atoms with Crippen LogP contribution in [0.4, 0.5) is 5.95 Å². The van der Waals surface area contributed by atoms with Gasteiger partial charge in [0.05, 0.1) is 11.4 Å². The van der Waals surface area contributed by atoms with Crippen molar-refractivity contribution >= 4 is 27.9 Å². The zero-order valence-corrected chi connectivity index (χ0v) is 19.5. The highest BCUT2D eigenvalue weighted by Gasteiger charge is 2.40. The monoisotopic (exact) mass is 483 g/mol. The van der Waals surface area contributed by atoms with Gasteiger partial charge in [0.25, 0.3) is 10.2 Å². The van der Waals surface area contributed by atoms with Crippen molar-refractivity contribution in [1.29, 1.82) is 0 Å². The summed E-state index contributed by atoms with van der Waals surface area (Å²) in [5, 5.41) is 13.0. The molecule has 11 nitrogen and oxygen atoms in total. The smallest absolute Gasteiger partial charge is 0.302 e. The predicted octanol–water partition coefficient (Wildman–Crippen LogP) is 1.78. The number of nitrogens with zero attached hydrogens (tertiary/aromatic N) is 5. The molecule has 0 bridgehead atoms. The number of rotatable bonds is 6. The second-order valence-corrected chi connectivity index (χ2v) is 10.5. The number of phenols is 1. The summed E-state index contributed by atoms with van der Waals surface area (Å²) in [5.74, 6) is 0.539. The van der Waals surface area contributed by atoms with E-state index < -0.39 is 15.7 Å². The molecule has 12 heteroatoms. The molecular weight excluding hydrogens is 458 g/mol. The summed E-state index contributed by atoms with van der Waals surface area (Å²) in [4.78, 5) is 15.3. The third kappa shape index (κ3) is 4.47. The largest absolute Gasteiger partial charge is 0.508 e. The van der Waals surface area contributed by atoms with Gasteiger partial charge in [-0.25, -0.2) is 9.97 Å². The van der Waals surface area contributed by atoms with Gasteiger partial charge in [-0.3, -0.25) is 4.90 Å². The summed E-state index contributed by atoms with van der Waals surface area (Å²) in [6.07, 6.45) is 6.92. The van der Waals surface area contributed by atoms with Crippen LogP contribution in [0, 0.1) is 0 Å². The van der Waals surface area contributed by atoms with Gasteiger partial charge in [-0.1, -0.05) is 12.1 Å².